The number of rotatable bonds is 2. The van der Waals surface area contributed by atoms with Crippen LogP contribution in [0.25, 0.3) is 0 Å². The Balaban J connectivity index is 2.25. The van der Waals surface area contributed by atoms with Crippen LogP contribution in [0.1, 0.15) is 33.1 Å². The quantitative estimate of drug-likeness (QED) is 0.587. The Morgan fingerprint density at radius 1 is 1.50 bits per heavy atom. The standard InChI is InChI=1S/C10H16O2/c1-7(2)10(6-11)5-8-3-4-9(10)12-8/h6-9H,3-5H2,1-2H3. The molecular formula is C10H16O2. The topological polar surface area (TPSA) is 26.3 Å². The predicted molar refractivity (Wildman–Crippen MR) is 45.8 cm³/mol. The van der Waals surface area contributed by atoms with Crippen LogP contribution in [-0.4, -0.2) is 18.5 Å². The molecule has 2 aliphatic rings. The molecule has 68 valence electrons. The van der Waals surface area contributed by atoms with Crippen molar-refractivity contribution in [3.05, 3.63) is 0 Å². The van der Waals surface area contributed by atoms with Gasteiger partial charge in [-0.25, -0.2) is 0 Å². The first-order valence-electron chi connectivity index (χ1n) is 4.81. The zero-order chi connectivity index (χ0) is 8.77. The van der Waals surface area contributed by atoms with Crippen molar-refractivity contribution in [1.82, 2.24) is 0 Å². The highest BCUT2D eigenvalue weighted by molar-refractivity contribution is 5.62. The van der Waals surface area contributed by atoms with E-state index in [1.165, 1.54) is 0 Å². The van der Waals surface area contributed by atoms with E-state index >= 15 is 0 Å². The van der Waals surface area contributed by atoms with Crippen LogP contribution >= 0.6 is 0 Å². The molecule has 0 amide bonds. The number of hydrogen-bond acceptors (Lipinski definition) is 2. The molecule has 2 fully saturated rings. The lowest BCUT2D eigenvalue weighted by Gasteiger charge is -2.33. The number of carbonyl (C=O) groups is 1. The van der Waals surface area contributed by atoms with Gasteiger partial charge in [0, 0.05) is 0 Å². The lowest BCUT2D eigenvalue weighted by molar-refractivity contribution is -0.121. The number of aldehydes is 1. The molecule has 2 heteroatoms. The van der Waals surface area contributed by atoms with Crippen LogP contribution in [0.4, 0.5) is 0 Å². The van der Waals surface area contributed by atoms with Crippen LogP contribution < -0.4 is 0 Å². The molecule has 0 aliphatic carbocycles. The minimum absolute atomic E-state index is 0.150. The Hall–Kier alpha value is -0.370. The van der Waals surface area contributed by atoms with Crippen molar-refractivity contribution >= 4 is 6.29 Å². The van der Waals surface area contributed by atoms with Crippen molar-refractivity contribution in [3.8, 4) is 0 Å². The maximum absolute atomic E-state index is 11.1. The smallest absolute Gasteiger partial charge is 0.129 e. The molecule has 2 saturated heterocycles. The maximum Gasteiger partial charge on any atom is 0.129 e. The molecule has 12 heavy (non-hydrogen) atoms. The van der Waals surface area contributed by atoms with Gasteiger partial charge in [-0.3, -0.25) is 0 Å². The van der Waals surface area contributed by atoms with Gasteiger partial charge in [0.15, 0.2) is 0 Å². The molecule has 0 N–H and O–H groups in total. The first-order chi connectivity index (χ1) is 5.69. The molecule has 0 spiro atoms. The summed E-state index contributed by atoms with van der Waals surface area (Å²) in [5, 5.41) is 0. The molecule has 0 aromatic carbocycles. The van der Waals surface area contributed by atoms with Gasteiger partial charge in [0.2, 0.25) is 0 Å². The van der Waals surface area contributed by atoms with Gasteiger partial charge in [0.05, 0.1) is 17.6 Å². The fraction of sp³-hybridized carbons (Fsp3) is 0.900. The number of hydrogen-bond donors (Lipinski definition) is 0. The molecule has 2 bridgehead atoms. The predicted octanol–water partition coefficient (Wildman–Crippen LogP) is 1.78. The second-order valence-electron chi connectivity index (χ2n) is 4.41. The van der Waals surface area contributed by atoms with E-state index in [0.29, 0.717) is 12.0 Å². The van der Waals surface area contributed by atoms with Crippen molar-refractivity contribution in [1.29, 1.82) is 0 Å². The highest BCUT2D eigenvalue weighted by Gasteiger charge is 2.53. The third-order valence-corrected chi connectivity index (χ3v) is 3.58. The molecule has 2 rings (SSSR count). The van der Waals surface area contributed by atoms with Crippen LogP contribution in [0.15, 0.2) is 0 Å². The van der Waals surface area contributed by atoms with Crippen molar-refractivity contribution in [2.24, 2.45) is 11.3 Å². The summed E-state index contributed by atoms with van der Waals surface area (Å²) in [4.78, 5) is 11.1. The monoisotopic (exact) mass is 168 g/mol. The molecule has 0 aromatic rings. The van der Waals surface area contributed by atoms with Gasteiger partial charge in [-0.2, -0.15) is 0 Å². The molecule has 3 unspecified atom stereocenters. The summed E-state index contributed by atoms with van der Waals surface area (Å²) in [5.74, 6) is 0.422. The van der Waals surface area contributed by atoms with Crippen LogP contribution in [0.3, 0.4) is 0 Å². The van der Waals surface area contributed by atoms with Crippen molar-refractivity contribution in [2.45, 2.75) is 45.3 Å². The van der Waals surface area contributed by atoms with E-state index in [9.17, 15) is 4.79 Å². The molecular weight excluding hydrogens is 152 g/mol. The summed E-state index contributed by atoms with van der Waals surface area (Å²) >= 11 is 0. The van der Waals surface area contributed by atoms with Gasteiger partial charge in [0.1, 0.15) is 6.29 Å². The van der Waals surface area contributed by atoms with E-state index in [4.69, 9.17) is 4.74 Å². The van der Waals surface area contributed by atoms with Gasteiger partial charge in [0.25, 0.3) is 0 Å². The Morgan fingerprint density at radius 3 is 2.50 bits per heavy atom. The van der Waals surface area contributed by atoms with Gasteiger partial charge in [-0.15, -0.1) is 0 Å². The molecule has 0 saturated carbocycles. The zero-order valence-corrected chi connectivity index (χ0v) is 7.75. The number of ether oxygens (including phenoxy) is 1. The zero-order valence-electron chi connectivity index (χ0n) is 7.75. The van der Waals surface area contributed by atoms with E-state index in [1.807, 2.05) is 0 Å². The summed E-state index contributed by atoms with van der Waals surface area (Å²) in [6.45, 7) is 4.25. The molecule has 0 radical (unpaired) electrons. The second kappa shape index (κ2) is 2.56. The van der Waals surface area contributed by atoms with E-state index < -0.39 is 0 Å². The number of fused-ring (bicyclic) bond motifs is 2. The highest BCUT2D eigenvalue weighted by atomic mass is 16.5. The van der Waals surface area contributed by atoms with E-state index in [2.05, 4.69) is 13.8 Å². The summed E-state index contributed by atoms with van der Waals surface area (Å²) in [5.41, 5.74) is -0.150. The highest BCUT2D eigenvalue weighted by Crippen LogP contribution is 2.50. The van der Waals surface area contributed by atoms with Crippen molar-refractivity contribution < 1.29 is 9.53 Å². The summed E-state index contributed by atoms with van der Waals surface area (Å²) < 4.78 is 5.71. The lowest BCUT2D eigenvalue weighted by Crippen LogP contribution is -2.38. The van der Waals surface area contributed by atoms with Gasteiger partial charge < -0.3 is 9.53 Å². The summed E-state index contributed by atoms with van der Waals surface area (Å²) in [6, 6.07) is 0. The lowest BCUT2D eigenvalue weighted by atomic mass is 9.68. The molecule has 2 nitrogen and oxygen atoms in total. The number of carbonyl (C=O) groups excluding carboxylic acids is 1. The molecule has 3 atom stereocenters. The third kappa shape index (κ3) is 0.875. The molecule has 2 heterocycles. The fourth-order valence-corrected chi connectivity index (χ4v) is 2.64. The minimum atomic E-state index is -0.150. The largest absolute Gasteiger partial charge is 0.374 e. The van der Waals surface area contributed by atoms with Crippen molar-refractivity contribution in [3.63, 3.8) is 0 Å². The maximum atomic E-state index is 11.1. The van der Waals surface area contributed by atoms with E-state index in [1.54, 1.807) is 0 Å². The first kappa shape index (κ1) is 8.24. The average Bonchev–Trinajstić information content (AvgIpc) is 2.62. The minimum Gasteiger partial charge on any atom is -0.374 e. The normalized spacial score (nSPS) is 45.6. The Labute approximate surface area is 73.3 Å². The van der Waals surface area contributed by atoms with Crippen LogP contribution in [0.2, 0.25) is 0 Å². The van der Waals surface area contributed by atoms with Crippen LogP contribution in [0, 0.1) is 11.3 Å². The van der Waals surface area contributed by atoms with Crippen LogP contribution in [-0.2, 0) is 9.53 Å². The fourth-order valence-electron chi connectivity index (χ4n) is 2.64. The Bertz CT molecular complexity index is 200. The Kier molecular flexibility index (Phi) is 1.76. The van der Waals surface area contributed by atoms with Gasteiger partial charge in [-0.1, -0.05) is 13.8 Å². The summed E-state index contributed by atoms with van der Waals surface area (Å²) in [7, 11) is 0. The SMILES string of the molecule is CC(C)C1(C=O)CC2CCC1O2. The average molecular weight is 168 g/mol. The van der Waals surface area contributed by atoms with E-state index in [0.717, 1.165) is 25.5 Å². The molecule has 0 aromatic heterocycles. The summed E-state index contributed by atoms with van der Waals surface area (Å²) in [6.07, 6.45) is 4.94. The molecule has 2 aliphatic heterocycles. The second-order valence-corrected chi connectivity index (χ2v) is 4.41. The van der Waals surface area contributed by atoms with Gasteiger partial charge in [-0.05, 0) is 25.2 Å². The first-order valence-corrected chi connectivity index (χ1v) is 4.81. The van der Waals surface area contributed by atoms with Crippen LogP contribution in [0.5, 0.6) is 0 Å². The Morgan fingerprint density at radius 2 is 2.25 bits per heavy atom. The van der Waals surface area contributed by atoms with Crippen molar-refractivity contribution in [2.75, 3.05) is 0 Å². The van der Waals surface area contributed by atoms with Gasteiger partial charge >= 0.3 is 0 Å². The third-order valence-electron chi connectivity index (χ3n) is 3.58. The van der Waals surface area contributed by atoms with E-state index in [-0.39, 0.29) is 11.5 Å².